The van der Waals surface area contributed by atoms with Gasteiger partial charge >= 0.3 is 0 Å². The molecule has 0 saturated heterocycles. The Balaban J connectivity index is 2.50. The standard InChI is InChI=1S/C15H23N3O3/c1-2-11-4-6-12(7-5-11)18-14(19)10-13(15(20)21)17-9-3-8-16/h4-7,13,17H,2-3,8-10,16H2,1H3,(H,18,19)(H,20,21)/p+1/t13-/m0/s1. The fourth-order valence-corrected chi connectivity index (χ4v) is 1.96. The topological polar surface area (TPSA) is 113 Å². The Labute approximate surface area is 124 Å². The molecule has 0 fully saturated rings. The molecule has 21 heavy (non-hydrogen) atoms. The van der Waals surface area contributed by atoms with Gasteiger partial charge in [-0.05, 0) is 24.1 Å². The summed E-state index contributed by atoms with van der Waals surface area (Å²) in [6, 6.07) is 6.65. The maximum atomic E-state index is 11.9. The van der Waals surface area contributed by atoms with Gasteiger partial charge in [0.1, 0.15) is 6.04 Å². The van der Waals surface area contributed by atoms with Crippen molar-refractivity contribution in [2.24, 2.45) is 0 Å². The minimum absolute atomic E-state index is 0.102. The van der Waals surface area contributed by atoms with Crippen LogP contribution in [0.15, 0.2) is 24.3 Å². The highest BCUT2D eigenvalue weighted by atomic mass is 16.4. The van der Waals surface area contributed by atoms with E-state index >= 15 is 0 Å². The van der Waals surface area contributed by atoms with Gasteiger partial charge < -0.3 is 26.3 Å². The highest BCUT2D eigenvalue weighted by molar-refractivity contribution is 5.93. The molecule has 0 spiro atoms. The summed E-state index contributed by atoms with van der Waals surface area (Å²) in [5, 5.41) is 15.4. The van der Waals surface area contributed by atoms with Gasteiger partial charge in [-0.25, -0.2) is 0 Å². The zero-order chi connectivity index (χ0) is 15.7. The summed E-state index contributed by atoms with van der Waals surface area (Å²) < 4.78 is 0. The van der Waals surface area contributed by atoms with E-state index in [1.807, 2.05) is 24.3 Å². The van der Waals surface area contributed by atoms with Gasteiger partial charge in [0.2, 0.25) is 5.91 Å². The molecule has 0 aliphatic carbocycles. The molecule has 0 saturated carbocycles. The minimum atomic E-state index is -1.21. The number of nitrogens with one attached hydrogen (secondary N) is 1. The van der Waals surface area contributed by atoms with Gasteiger partial charge in [-0.2, -0.15) is 0 Å². The fraction of sp³-hybridized carbons (Fsp3) is 0.467. The van der Waals surface area contributed by atoms with E-state index in [0.29, 0.717) is 12.2 Å². The molecule has 0 unspecified atom stereocenters. The SMILES string of the molecule is CCc1ccc(NC(=O)C[C@H]([NH2+]CCC[NH3+])C(=O)[O-])cc1. The number of benzene rings is 1. The monoisotopic (exact) mass is 294 g/mol. The van der Waals surface area contributed by atoms with Crippen LogP contribution in [0.4, 0.5) is 5.69 Å². The Hall–Kier alpha value is -1.92. The predicted octanol–water partition coefficient (Wildman–Crippen LogP) is -2.11. The summed E-state index contributed by atoms with van der Waals surface area (Å²) in [5.41, 5.74) is 5.55. The molecule has 0 heterocycles. The molecule has 6 N–H and O–H groups in total. The predicted molar refractivity (Wildman–Crippen MR) is 77.0 cm³/mol. The molecule has 0 aliphatic rings. The van der Waals surface area contributed by atoms with Crippen LogP contribution in [-0.2, 0) is 16.0 Å². The average molecular weight is 294 g/mol. The second-order valence-electron chi connectivity index (χ2n) is 4.96. The van der Waals surface area contributed by atoms with Crippen LogP contribution < -0.4 is 21.5 Å². The highest BCUT2D eigenvalue weighted by Gasteiger charge is 2.18. The van der Waals surface area contributed by atoms with Crippen LogP contribution in [0, 0.1) is 0 Å². The first-order valence-electron chi connectivity index (χ1n) is 7.29. The van der Waals surface area contributed by atoms with Crippen LogP contribution in [0.25, 0.3) is 0 Å². The van der Waals surface area contributed by atoms with Gasteiger partial charge in [0.25, 0.3) is 0 Å². The van der Waals surface area contributed by atoms with Crippen molar-refractivity contribution in [3.8, 4) is 0 Å². The van der Waals surface area contributed by atoms with Gasteiger partial charge in [0.15, 0.2) is 0 Å². The van der Waals surface area contributed by atoms with E-state index in [1.165, 1.54) is 5.56 Å². The lowest BCUT2D eigenvalue weighted by molar-refractivity contribution is -0.684. The zero-order valence-corrected chi connectivity index (χ0v) is 12.4. The number of rotatable bonds is 9. The number of aliphatic carboxylic acids is 1. The summed E-state index contributed by atoms with van der Waals surface area (Å²) in [6.45, 7) is 3.42. The van der Waals surface area contributed by atoms with Crippen molar-refractivity contribution in [3.05, 3.63) is 29.8 Å². The third-order valence-electron chi connectivity index (χ3n) is 3.26. The first-order chi connectivity index (χ1) is 10.1. The molecule has 0 radical (unpaired) electrons. The summed E-state index contributed by atoms with van der Waals surface area (Å²) in [7, 11) is 0. The maximum absolute atomic E-state index is 11.9. The lowest BCUT2D eigenvalue weighted by atomic mass is 10.1. The normalized spacial score (nSPS) is 11.9. The molecule has 1 atom stereocenters. The third kappa shape index (κ3) is 6.37. The Morgan fingerprint density at radius 2 is 2.00 bits per heavy atom. The lowest BCUT2D eigenvalue weighted by Gasteiger charge is -2.16. The van der Waals surface area contributed by atoms with E-state index in [4.69, 9.17) is 0 Å². The number of carboxylic acid groups (broad SMARTS) is 1. The van der Waals surface area contributed by atoms with Crippen molar-refractivity contribution < 1.29 is 25.7 Å². The van der Waals surface area contributed by atoms with Crippen LogP contribution in [0.1, 0.15) is 25.3 Å². The molecule has 116 valence electrons. The lowest BCUT2D eigenvalue weighted by Crippen LogP contribution is -2.93. The first kappa shape index (κ1) is 17.1. The Kier molecular flexibility index (Phi) is 7.42. The number of carboxylic acids is 1. The quantitative estimate of drug-likeness (QED) is 0.453. The molecular formula is C15H24N3O3+. The van der Waals surface area contributed by atoms with Gasteiger partial charge in [-0.15, -0.1) is 0 Å². The average Bonchev–Trinajstić information content (AvgIpc) is 2.47. The molecule has 0 aromatic heterocycles. The molecule has 6 heteroatoms. The van der Waals surface area contributed by atoms with Gasteiger partial charge in [-0.1, -0.05) is 19.1 Å². The van der Waals surface area contributed by atoms with E-state index < -0.39 is 12.0 Å². The fourth-order valence-electron chi connectivity index (χ4n) is 1.96. The second kappa shape index (κ2) is 9.10. The van der Waals surface area contributed by atoms with Gasteiger partial charge in [-0.3, -0.25) is 4.79 Å². The molecular weight excluding hydrogens is 270 g/mol. The van der Waals surface area contributed by atoms with Crippen molar-refractivity contribution in [1.82, 2.24) is 0 Å². The molecule has 1 aromatic rings. The van der Waals surface area contributed by atoms with Crippen molar-refractivity contribution >= 4 is 17.6 Å². The Morgan fingerprint density at radius 3 is 2.52 bits per heavy atom. The number of hydrogen-bond donors (Lipinski definition) is 3. The largest absolute Gasteiger partial charge is 0.544 e. The summed E-state index contributed by atoms with van der Waals surface area (Å²) in [6.07, 6.45) is 1.64. The van der Waals surface area contributed by atoms with E-state index in [0.717, 1.165) is 19.4 Å². The summed E-state index contributed by atoms with van der Waals surface area (Å²) in [4.78, 5) is 22.9. The second-order valence-corrected chi connectivity index (χ2v) is 4.96. The molecule has 1 amide bonds. The van der Waals surface area contributed by atoms with Gasteiger partial charge in [0.05, 0.1) is 25.5 Å². The van der Waals surface area contributed by atoms with E-state index in [2.05, 4.69) is 18.0 Å². The number of hydrogen-bond acceptors (Lipinski definition) is 3. The molecule has 1 aromatic carbocycles. The number of nitrogens with two attached hydrogens (primary N) is 1. The number of amides is 1. The summed E-state index contributed by atoms with van der Waals surface area (Å²) >= 11 is 0. The number of carbonyl (C=O) groups is 2. The molecule has 6 nitrogen and oxygen atoms in total. The van der Waals surface area contributed by atoms with Crippen molar-refractivity contribution in [2.75, 3.05) is 18.4 Å². The zero-order valence-electron chi connectivity index (χ0n) is 12.4. The van der Waals surface area contributed by atoms with Crippen LogP contribution in [-0.4, -0.2) is 31.0 Å². The van der Waals surface area contributed by atoms with Crippen LogP contribution >= 0.6 is 0 Å². The van der Waals surface area contributed by atoms with Crippen molar-refractivity contribution in [2.45, 2.75) is 32.2 Å². The molecule has 0 aliphatic heterocycles. The first-order valence-corrected chi connectivity index (χ1v) is 7.29. The van der Waals surface area contributed by atoms with Gasteiger partial charge in [0, 0.05) is 12.1 Å². The number of quaternary nitrogens is 2. The van der Waals surface area contributed by atoms with E-state index in [1.54, 1.807) is 5.32 Å². The summed E-state index contributed by atoms with van der Waals surface area (Å²) in [5.74, 6) is -1.53. The van der Waals surface area contributed by atoms with E-state index in [-0.39, 0.29) is 12.3 Å². The molecule has 0 bridgehead atoms. The highest BCUT2D eigenvalue weighted by Crippen LogP contribution is 2.10. The number of anilines is 1. The Bertz CT molecular complexity index is 460. The van der Waals surface area contributed by atoms with Crippen LogP contribution in [0.3, 0.4) is 0 Å². The number of aryl methyl sites for hydroxylation is 1. The van der Waals surface area contributed by atoms with E-state index in [9.17, 15) is 14.7 Å². The van der Waals surface area contributed by atoms with Crippen molar-refractivity contribution in [3.63, 3.8) is 0 Å². The third-order valence-corrected chi connectivity index (χ3v) is 3.26. The van der Waals surface area contributed by atoms with Crippen LogP contribution in [0.2, 0.25) is 0 Å². The van der Waals surface area contributed by atoms with Crippen molar-refractivity contribution in [1.29, 1.82) is 0 Å². The van der Waals surface area contributed by atoms with Crippen LogP contribution in [0.5, 0.6) is 0 Å². The maximum Gasteiger partial charge on any atom is 0.230 e. The smallest absolute Gasteiger partial charge is 0.230 e. The Morgan fingerprint density at radius 1 is 1.33 bits per heavy atom. The number of carbonyl (C=O) groups excluding carboxylic acids is 2. The molecule has 1 rings (SSSR count). The minimum Gasteiger partial charge on any atom is -0.544 e.